The molecule has 1 aromatic carbocycles. The van der Waals surface area contributed by atoms with E-state index < -0.39 is 23.6 Å². The highest BCUT2D eigenvalue weighted by atomic mass is 35.5. The van der Waals surface area contributed by atoms with Gasteiger partial charge in [-0.1, -0.05) is 0 Å². The Morgan fingerprint density at radius 2 is 2.10 bits per heavy atom. The summed E-state index contributed by atoms with van der Waals surface area (Å²) >= 11 is 5.54. The van der Waals surface area contributed by atoms with Crippen LogP contribution >= 0.6 is 11.6 Å². The van der Waals surface area contributed by atoms with E-state index in [2.05, 4.69) is 9.47 Å². The molecule has 0 saturated carbocycles. The number of rotatable bonds is 4. The van der Waals surface area contributed by atoms with Crippen LogP contribution < -0.4 is 4.74 Å². The van der Waals surface area contributed by atoms with E-state index in [1.807, 2.05) is 0 Å². The van der Waals surface area contributed by atoms with Crippen molar-refractivity contribution in [3.63, 3.8) is 0 Å². The summed E-state index contributed by atoms with van der Waals surface area (Å²) in [4.78, 5) is 11.6. The zero-order valence-corrected chi connectivity index (χ0v) is 11.0. The first-order valence-corrected chi connectivity index (χ1v) is 5.91. The van der Waals surface area contributed by atoms with Crippen molar-refractivity contribution in [3.05, 3.63) is 28.8 Å². The lowest BCUT2D eigenvalue weighted by Crippen LogP contribution is -2.20. The predicted molar refractivity (Wildman–Crippen MR) is 63.4 cm³/mol. The largest absolute Gasteiger partial charge is 0.573 e. The Morgan fingerprint density at radius 3 is 2.55 bits per heavy atom. The average molecular weight is 308 g/mol. The number of benzene rings is 1. The summed E-state index contributed by atoms with van der Waals surface area (Å²) in [5.74, 6) is -1.95. The van der Waals surface area contributed by atoms with Gasteiger partial charge in [0.25, 0.3) is 0 Å². The van der Waals surface area contributed by atoms with Gasteiger partial charge in [0.1, 0.15) is 11.3 Å². The molecule has 0 fully saturated rings. The molecule has 0 radical (unpaired) electrons. The zero-order chi connectivity index (χ0) is 15.3. The molecule has 0 atom stereocenters. The maximum absolute atomic E-state index is 12.3. The first kappa shape index (κ1) is 16.1. The van der Waals surface area contributed by atoms with Gasteiger partial charge in [-0.25, -0.2) is 4.79 Å². The van der Waals surface area contributed by atoms with Crippen LogP contribution in [0.2, 0.25) is 0 Å². The molecule has 0 spiro atoms. The Labute approximate surface area is 117 Å². The third-order valence-electron chi connectivity index (χ3n) is 2.19. The van der Waals surface area contributed by atoms with Crippen molar-refractivity contribution in [2.45, 2.75) is 19.2 Å². The molecule has 0 aliphatic carbocycles. The summed E-state index contributed by atoms with van der Waals surface area (Å²) in [7, 11) is 0. The fraction of sp³-hybridized carbons (Fsp3) is 0.333. The number of halogens is 4. The second kappa shape index (κ2) is 6.48. The molecule has 0 heterocycles. The zero-order valence-electron chi connectivity index (χ0n) is 10.3. The van der Waals surface area contributed by atoms with E-state index in [4.69, 9.17) is 16.9 Å². The summed E-state index contributed by atoms with van der Waals surface area (Å²) in [5.41, 5.74) is -0.367. The highest BCUT2D eigenvalue weighted by molar-refractivity contribution is 6.17. The highest BCUT2D eigenvalue weighted by Gasteiger charge is 2.33. The molecule has 0 N–H and O–H groups in total. The maximum atomic E-state index is 12.3. The van der Waals surface area contributed by atoms with Gasteiger partial charge in [0, 0.05) is 5.88 Å². The molecule has 20 heavy (non-hydrogen) atoms. The van der Waals surface area contributed by atoms with Gasteiger partial charge in [-0.15, -0.1) is 24.8 Å². The monoisotopic (exact) mass is 307 g/mol. The minimum absolute atomic E-state index is 0.0161. The Kier molecular flexibility index (Phi) is 5.22. The molecule has 0 aliphatic rings. The molecule has 0 aromatic heterocycles. The smallest absolute Gasteiger partial charge is 0.462 e. The number of hydrogen-bond acceptors (Lipinski definition) is 4. The fourth-order valence-electron chi connectivity index (χ4n) is 1.41. The predicted octanol–water partition coefficient (Wildman–Crippen LogP) is 3.37. The summed E-state index contributed by atoms with van der Waals surface area (Å²) in [5, 5.41) is 8.89. The molecule has 0 amide bonds. The lowest BCUT2D eigenvalue weighted by Gasteiger charge is -2.14. The lowest BCUT2D eigenvalue weighted by atomic mass is 10.0. The Bertz CT molecular complexity index is 552. The third-order valence-corrected chi connectivity index (χ3v) is 2.48. The normalized spacial score (nSPS) is 10.8. The van der Waals surface area contributed by atoms with Gasteiger partial charge >= 0.3 is 12.3 Å². The van der Waals surface area contributed by atoms with Gasteiger partial charge < -0.3 is 9.47 Å². The Hall–Kier alpha value is -1.94. The van der Waals surface area contributed by atoms with Crippen LogP contribution in [-0.2, 0) is 10.6 Å². The molecular weight excluding hydrogens is 299 g/mol. The van der Waals surface area contributed by atoms with Gasteiger partial charge in [-0.3, -0.25) is 0 Å². The number of hydrogen-bond donors (Lipinski definition) is 0. The van der Waals surface area contributed by atoms with Crippen molar-refractivity contribution >= 4 is 17.6 Å². The summed E-state index contributed by atoms with van der Waals surface area (Å²) in [6.45, 7) is 1.48. The SMILES string of the molecule is CCOC(=O)c1cc(C#N)c(CCl)cc1OC(F)(F)F. The topological polar surface area (TPSA) is 59.3 Å². The minimum Gasteiger partial charge on any atom is -0.462 e. The van der Waals surface area contributed by atoms with E-state index in [1.165, 1.54) is 6.92 Å². The van der Waals surface area contributed by atoms with Crippen LogP contribution in [0, 0.1) is 11.3 Å². The molecule has 0 aliphatic heterocycles. The summed E-state index contributed by atoms with van der Waals surface area (Å²) in [6, 6.07) is 3.62. The molecule has 8 heteroatoms. The van der Waals surface area contributed by atoms with Gasteiger partial charge in [0.2, 0.25) is 0 Å². The number of carbonyl (C=O) groups is 1. The summed E-state index contributed by atoms with van der Waals surface area (Å²) in [6.07, 6.45) is -4.97. The first-order valence-electron chi connectivity index (χ1n) is 5.38. The molecule has 0 bridgehead atoms. The quantitative estimate of drug-likeness (QED) is 0.632. The number of carbonyl (C=O) groups excluding carboxylic acids is 1. The standard InChI is InChI=1S/C12H9ClF3NO3/c1-2-19-11(18)9-3-8(6-17)7(5-13)4-10(9)20-12(14,15)16/h3-4H,2,5H2,1H3. The van der Waals surface area contributed by atoms with Crippen molar-refractivity contribution < 1.29 is 27.4 Å². The molecule has 0 saturated heterocycles. The number of ether oxygens (including phenoxy) is 2. The van der Waals surface area contributed by atoms with Crippen LogP contribution in [-0.4, -0.2) is 18.9 Å². The van der Waals surface area contributed by atoms with E-state index in [-0.39, 0.29) is 23.6 Å². The van der Waals surface area contributed by atoms with Gasteiger partial charge in [0.05, 0.1) is 18.2 Å². The molecule has 108 valence electrons. The van der Waals surface area contributed by atoms with Crippen LogP contribution in [0.15, 0.2) is 12.1 Å². The van der Waals surface area contributed by atoms with E-state index in [0.29, 0.717) is 0 Å². The highest BCUT2D eigenvalue weighted by Crippen LogP contribution is 2.30. The molecule has 1 aromatic rings. The lowest BCUT2D eigenvalue weighted by molar-refractivity contribution is -0.274. The number of nitriles is 1. The molecule has 4 nitrogen and oxygen atoms in total. The summed E-state index contributed by atoms with van der Waals surface area (Å²) < 4.78 is 45.3. The second-order valence-corrected chi connectivity index (χ2v) is 3.79. The van der Waals surface area contributed by atoms with Gasteiger partial charge in [0.15, 0.2) is 0 Å². The first-order chi connectivity index (χ1) is 9.32. The van der Waals surface area contributed by atoms with Gasteiger partial charge in [-0.05, 0) is 24.6 Å². The fourth-order valence-corrected chi connectivity index (χ4v) is 1.64. The molecular formula is C12H9ClF3NO3. The number of nitrogens with zero attached hydrogens (tertiary/aromatic N) is 1. The minimum atomic E-state index is -4.97. The average Bonchev–Trinajstić information content (AvgIpc) is 2.36. The Morgan fingerprint density at radius 1 is 1.45 bits per heavy atom. The van der Waals surface area contributed by atoms with Crippen molar-refractivity contribution in [2.24, 2.45) is 0 Å². The van der Waals surface area contributed by atoms with E-state index in [9.17, 15) is 18.0 Å². The van der Waals surface area contributed by atoms with Crippen LogP contribution in [0.3, 0.4) is 0 Å². The van der Waals surface area contributed by atoms with Crippen molar-refractivity contribution in [1.82, 2.24) is 0 Å². The third kappa shape index (κ3) is 4.03. The van der Waals surface area contributed by atoms with E-state index in [1.54, 1.807) is 6.07 Å². The second-order valence-electron chi connectivity index (χ2n) is 3.52. The van der Waals surface area contributed by atoms with Crippen LogP contribution in [0.1, 0.15) is 28.4 Å². The maximum Gasteiger partial charge on any atom is 0.573 e. The van der Waals surface area contributed by atoms with Crippen LogP contribution in [0.5, 0.6) is 5.75 Å². The molecule has 0 unspecified atom stereocenters. The van der Waals surface area contributed by atoms with Gasteiger partial charge in [-0.2, -0.15) is 5.26 Å². The Balaban J connectivity index is 3.37. The van der Waals surface area contributed by atoms with Crippen LogP contribution in [0.4, 0.5) is 13.2 Å². The van der Waals surface area contributed by atoms with Crippen molar-refractivity contribution in [1.29, 1.82) is 5.26 Å². The van der Waals surface area contributed by atoms with E-state index in [0.717, 1.165) is 12.1 Å². The van der Waals surface area contributed by atoms with Crippen molar-refractivity contribution in [3.8, 4) is 11.8 Å². The number of alkyl halides is 4. The number of esters is 1. The van der Waals surface area contributed by atoms with E-state index >= 15 is 0 Å². The van der Waals surface area contributed by atoms with Crippen molar-refractivity contribution in [2.75, 3.05) is 6.61 Å². The van der Waals surface area contributed by atoms with Crippen LogP contribution in [0.25, 0.3) is 0 Å². The molecule has 1 rings (SSSR count).